The number of piperidine rings is 1. The molecule has 18 heavy (non-hydrogen) atoms. The van der Waals surface area contributed by atoms with Crippen molar-refractivity contribution in [1.29, 1.82) is 0 Å². The molecule has 1 aromatic rings. The number of nitrogens with one attached hydrogen (secondary N) is 1. The summed E-state index contributed by atoms with van der Waals surface area (Å²) in [5.41, 5.74) is 0. The minimum Gasteiger partial charge on any atom is -0.379 e. The Morgan fingerprint density at radius 3 is 2.67 bits per heavy atom. The van der Waals surface area contributed by atoms with E-state index in [1.54, 1.807) is 0 Å². The molecule has 1 aliphatic heterocycles. The molecule has 0 amide bonds. The van der Waals surface area contributed by atoms with E-state index in [1.165, 1.54) is 12.8 Å². The molecule has 1 N–H and O–H groups in total. The van der Waals surface area contributed by atoms with Crippen LogP contribution in [-0.2, 0) is 11.3 Å². The highest BCUT2D eigenvalue weighted by Gasteiger charge is 2.20. The second-order valence-electron chi connectivity index (χ2n) is 5.44. The van der Waals surface area contributed by atoms with Gasteiger partial charge in [0.2, 0.25) is 0 Å². The zero-order valence-corrected chi connectivity index (χ0v) is 11.6. The van der Waals surface area contributed by atoms with Gasteiger partial charge in [-0.15, -0.1) is 0 Å². The monoisotopic (exact) mass is 252 g/mol. The van der Waals surface area contributed by atoms with Crippen LogP contribution in [0.25, 0.3) is 0 Å². The third-order valence-corrected chi connectivity index (χ3v) is 3.38. The first-order chi connectivity index (χ1) is 8.63. The molecule has 1 saturated heterocycles. The Bertz CT molecular complexity index is 356. The number of nitrogens with zero attached hydrogens (tertiary/aromatic N) is 3. The molecular weight excluding hydrogens is 228 g/mol. The van der Waals surface area contributed by atoms with Crippen LogP contribution in [0.5, 0.6) is 0 Å². The highest BCUT2D eigenvalue weighted by atomic mass is 16.5. The van der Waals surface area contributed by atoms with E-state index in [9.17, 15) is 0 Å². The number of likely N-dealkylation sites (tertiary alicyclic amines) is 1. The fourth-order valence-corrected chi connectivity index (χ4v) is 2.30. The van der Waals surface area contributed by atoms with Crippen LogP contribution in [0.15, 0.2) is 0 Å². The van der Waals surface area contributed by atoms with Crippen LogP contribution in [0, 0.1) is 12.8 Å². The van der Waals surface area contributed by atoms with Crippen LogP contribution in [0.1, 0.15) is 38.3 Å². The molecule has 1 aliphatic rings. The van der Waals surface area contributed by atoms with E-state index in [0.717, 1.165) is 43.8 Å². The summed E-state index contributed by atoms with van der Waals surface area (Å²) in [5.74, 6) is 2.52. The number of hydrogen-bond donors (Lipinski definition) is 1. The quantitative estimate of drug-likeness (QED) is 0.867. The maximum absolute atomic E-state index is 5.69. The predicted molar refractivity (Wildman–Crippen MR) is 70.2 cm³/mol. The number of H-pyrrole nitrogens is 1. The summed E-state index contributed by atoms with van der Waals surface area (Å²) in [6, 6.07) is 0. The second kappa shape index (κ2) is 6.29. The number of aryl methyl sites for hydroxylation is 1. The van der Waals surface area contributed by atoms with Crippen molar-refractivity contribution in [3.05, 3.63) is 11.6 Å². The van der Waals surface area contributed by atoms with Gasteiger partial charge < -0.3 is 4.74 Å². The Morgan fingerprint density at radius 1 is 1.39 bits per heavy atom. The van der Waals surface area contributed by atoms with Gasteiger partial charge in [0.25, 0.3) is 0 Å². The van der Waals surface area contributed by atoms with Crippen molar-refractivity contribution in [3.63, 3.8) is 0 Å². The standard InChI is InChI=1S/C13H24N4O/c1-10(2)18-9-12-4-6-17(7-5-12)8-13-14-11(3)15-16-13/h10,12H,4-9H2,1-3H3,(H,14,15,16). The summed E-state index contributed by atoms with van der Waals surface area (Å²) in [6.45, 7) is 10.2. The normalized spacial score (nSPS) is 18.7. The molecule has 2 rings (SSSR count). The van der Waals surface area contributed by atoms with Crippen LogP contribution >= 0.6 is 0 Å². The molecule has 5 heteroatoms. The van der Waals surface area contributed by atoms with Crippen LogP contribution in [0.3, 0.4) is 0 Å². The zero-order chi connectivity index (χ0) is 13.0. The van der Waals surface area contributed by atoms with Gasteiger partial charge in [-0.05, 0) is 52.6 Å². The van der Waals surface area contributed by atoms with Crippen molar-refractivity contribution in [1.82, 2.24) is 20.1 Å². The number of aromatic amines is 1. The lowest BCUT2D eigenvalue weighted by molar-refractivity contribution is 0.0293. The van der Waals surface area contributed by atoms with Gasteiger partial charge in [-0.25, -0.2) is 4.98 Å². The van der Waals surface area contributed by atoms with Crippen molar-refractivity contribution in [3.8, 4) is 0 Å². The molecule has 0 atom stereocenters. The largest absolute Gasteiger partial charge is 0.379 e. The number of rotatable bonds is 5. The first-order valence-corrected chi connectivity index (χ1v) is 6.85. The summed E-state index contributed by atoms with van der Waals surface area (Å²) in [5, 5.41) is 7.08. The van der Waals surface area contributed by atoms with E-state index in [0.29, 0.717) is 6.10 Å². The number of ether oxygens (including phenoxy) is 1. The average Bonchev–Trinajstić information content (AvgIpc) is 2.74. The molecular formula is C13H24N4O. The van der Waals surface area contributed by atoms with E-state index in [2.05, 4.69) is 33.9 Å². The minimum absolute atomic E-state index is 0.347. The highest BCUT2D eigenvalue weighted by molar-refractivity contribution is 4.88. The molecule has 0 unspecified atom stereocenters. The summed E-state index contributed by atoms with van der Waals surface area (Å²) in [6.07, 6.45) is 2.78. The SMILES string of the molecule is Cc1nc(CN2CCC(COC(C)C)CC2)n[nH]1. The topological polar surface area (TPSA) is 54.0 Å². The molecule has 1 aromatic heterocycles. The lowest BCUT2D eigenvalue weighted by Gasteiger charge is -2.31. The Labute approximate surface area is 109 Å². The summed E-state index contributed by atoms with van der Waals surface area (Å²) in [4.78, 5) is 6.78. The summed E-state index contributed by atoms with van der Waals surface area (Å²) >= 11 is 0. The van der Waals surface area contributed by atoms with Gasteiger partial charge >= 0.3 is 0 Å². The van der Waals surface area contributed by atoms with E-state index in [1.807, 2.05) is 6.92 Å². The molecule has 2 heterocycles. The van der Waals surface area contributed by atoms with Crippen molar-refractivity contribution in [2.75, 3.05) is 19.7 Å². The summed E-state index contributed by atoms with van der Waals surface area (Å²) in [7, 11) is 0. The molecule has 0 aliphatic carbocycles. The fourth-order valence-electron chi connectivity index (χ4n) is 2.30. The van der Waals surface area contributed by atoms with E-state index < -0.39 is 0 Å². The van der Waals surface area contributed by atoms with E-state index >= 15 is 0 Å². The molecule has 0 saturated carbocycles. The molecule has 0 spiro atoms. The maximum Gasteiger partial charge on any atom is 0.164 e. The van der Waals surface area contributed by atoms with Gasteiger partial charge in [-0.2, -0.15) is 5.10 Å². The van der Waals surface area contributed by atoms with Crippen LogP contribution in [0.2, 0.25) is 0 Å². The van der Waals surface area contributed by atoms with Crippen LogP contribution in [-0.4, -0.2) is 45.9 Å². The van der Waals surface area contributed by atoms with Crippen LogP contribution in [0.4, 0.5) is 0 Å². The molecule has 1 fully saturated rings. The molecule has 0 bridgehead atoms. The maximum atomic E-state index is 5.69. The Hall–Kier alpha value is -0.940. The Kier molecular flexibility index (Phi) is 4.72. The molecule has 0 aromatic carbocycles. The molecule has 0 radical (unpaired) electrons. The van der Waals surface area contributed by atoms with Gasteiger partial charge in [0.1, 0.15) is 5.82 Å². The number of aromatic nitrogens is 3. The highest BCUT2D eigenvalue weighted by Crippen LogP contribution is 2.19. The van der Waals surface area contributed by atoms with Gasteiger partial charge in [0.05, 0.1) is 12.6 Å². The minimum atomic E-state index is 0.347. The Morgan fingerprint density at radius 2 is 2.11 bits per heavy atom. The zero-order valence-electron chi connectivity index (χ0n) is 11.6. The smallest absolute Gasteiger partial charge is 0.164 e. The third kappa shape index (κ3) is 4.07. The van der Waals surface area contributed by atoms with Crippen molar-refractivity contribution in [2.24, 2.45) is 5.92 Å². The summed E-state index contributed by atoms with van der Waals surface area (Å²) < 4.78 is 5.69. The molecule has 5 nitrogen and oxygen atoms in total. The van der Waals surface area contributed by atoms with Crippen molar-refractivity contribution >= 4 is 0 Å². The van der Waals surface area contributed by atoms with Gasteiger partial charge in [0, 0.05) is 6.61 Å². The third-order valence-electron chi connectivity index (χ3n) is 3.38. The van der Waals surface area contributed by atoms with Gasteiger partial charge in [-0.1, -0.05) is 0 Å². The van der Waals surface area contributed by atoms with Crippen molar-refractivity contribution < 1.29 is 4.74 Å². The second-order valence-corrected chi connectivity index (χ2v) is 5.44. The number of hydrogen-bond acceptors (Lipinski definition) is 4. The lowest BCUT2D eigenvalue weighted by atomic mass is 9.98. The first-order valence-electron chi connectivity index (χ1n) is 6.85. The fraction of sp³-hybridized carbons (Fsp3) is 0.846. The predicted octanol–water partition coefficient (Wildman–Crippen LogP) is 1.75. The molecule has 102 valence electrons. The average molecular weight is 252 g/mol. The van der Waals surface area contributed by atoms with E-state index in [4.69, 9.17) is 4.74 Å². The van der Waals surface area contributed by atoms with Crippen LogP contribution < -0.4 is 0 Å². The van der Waals surface area contributed by atoms with Crippen molar-refractivity contribution in [2.45, 2.75) is 46.3 Å². The lowest BCUT2D eigenvalue weighted by Crippen LogP contribution is -2.35. The first kappa shape index (κ1) is 13.5. The van der Waals surface area contributed by atoms with Gasteiger partial charge in [-0.3, -0.25) is 10.00 Å². The Balaban J connectivity index is 1.70. The van der Waals surface area contributed by atoms with E-state index in [-0.39, 0.29) is 0 Å². The van der Waals surface area contributed by atoms with Gasteiger partial charge in [0.15, 0.2) is 5.82 Å².